The minimum Gasteiger partial charge on any atom is -0.437 e. The lowest BCUT2D eigenvalue weighted by Crippen LogP contribution is -2.18. The minimum absolute atomic E-state index is 0.0578. The number of para-hydroxylation sites is 1. The third-order valence-electron chi connectivity index (χ3n) is 1.99. The summed E-state index contributed by atoms with van der Waals surface area (Å²) >= 11 is 0. The lowest BCUT2D eigenvalue weighted by atomic mass is 10.2. The van der Waals surface area contributed by atoms with Crippen LogP contribution >= 0.6 is 0 Å². The van der Waals surface area contributed by atoms with E-state index in [1.165, 1.54) is 18.2 Å². The maximum Gasteiger partial charge on any atom is 0.513 e. The summed E-state index contributed by atoms with van der Waals surface area (Å²) in [6, 6.07) is 4.29. The van der Waals surface area contributed by atoms with Gasteiger partial charge in [0.15, 0.2) is 11.3 Å². The topological polar surface area (TPSA) is 98.6 Å². The molecule has 1 aromatic heterocycles. The first-order valence-electron chi connectivity index (χ1n) is 4.54. The van der Waals surface area contributed by atoms with Gasteiger partial charge in [0.2, 0.25) is 0 Å². The molecule has 0 spiro atoms. The average molecular weight is 237 g/mol. The molecule has 0 aliphatic rings. The molecule has 1 N–H and O–H groups in total. The summed E-state index contributed by atoms with van der Waals surface area (Å²) in [6.45, 7) is 0. The van der Waals surface area contributed by atoms with Crippen molar-refractivity contribution in [3.8, 4) is 5.75 Å². The molecule has 1 aromatic carbocycles. The van der Waals surface area contributed by atoms with Crippen LogP contribution < -0.4 is 16.1 Å². The van der Waals surface area contributed by atoms with Crippen molar-refractivity contribution < 1.29 is 18.7 Å². The fourth-order valence-electron chi connectivity index (χ4n) is 1.29. The lowest BCUT2D eigenvalue weighted by molar-refractivity contribution is 0.121. The smallest absolute Gasteiger partial charge is 0.437 e. The van der Waals surface area contributed by atoms with Crippen molar-refractivity contribution in [1.82, 2.24) is 4.98 Å². The molecule has 0 unspecified atom stereocenters. The molecule has 7 heteroatoms. The number of aromatic nitrogens is 1. The number of carbonyl (C=O) groups is 1. The number of H-pyrrole nitrogens is 1. The highest BCUT2D eigenvalue weighted by Gasteiger charge is 2.12. The Bertz CT molecular complexity index is 683. The van der Waals surface area contributed by atoms with Crippen molar-refractivity contribution in [3.63, 3.8) is 0 Å². The highest BCUT2D eigenvalue weighted by molar-refractivity contribution is 5.83. The Balaban J connectivity index is 2.68. The standard InChI is InChI=1S/C10H7NO6/c1-15-10(14)16-6-4-2-3-5-7(6)17-9(13)11-8(5)12/h2-4H,1H3,(H,11,12,13). The summed E-state index contributed by atoms with van der Waals surface area (Å²) in [7, 11) is 1.14. The van der Waals surface area contributed by atoms with Crippen LogP contribution in [0.5, 0.6) is 5.75 Å². The zero-order valence-electron chi connectivity index (χ0n) is 8.68. The summed E-state index contributed by atoms with van der Waals surface area (Å²) in [5.41, 5.74) is -0.724. The number of fused-ring (bicyclic) bond motifs is 1. The van der Waals surface area contributed by atoms with Gasteiger partial charge in [0.1, 0.15) is 0 Å². The van der Waals surface area contributed by atoms with Gasteiger partial charge >= 0.3 is 11.9 Å². The van der Waals surface area contributed by atoms with Gasteiger partial charge in [0.05, 0.1) is 12.5 Å². The maximum absolute atomic E-state index is 11.4. The van der Waals surface area contributed by atoms with Crippen LogP contribution in [0.25, 0.3) is 11.0 Å². The third-order valence-corrected chi connectivity index (χ3v) is 1.99. The van der Waals surface area contributed by atoms with Crippen LogP contribution in [0.4, 0.5) is 4.79 Å². The molecule has 0 aliphatic heterocycles. The van der Waals surface area contributed by atoms with Crippen molar-refractivity contribution in [1.29, 1.82) is 0 Å². The summed E-state index contributed by atoms with van der Waals surface area (Å²) in [5, 5.41) is 0.103. The Morgan fingerprint density at radius 2 is 2.12 bits per heavy atom. The zero-order chi connectivity index (χ0) is 12.4. The average Bonchev–Trinajstić information content (AvgIpc) is 2.30. The first-order valence-corrected chi connectivity index (χ1v) is 4.54. The van der Waals surface area contributed by atoms with Gasteiger partial charge in [-0.05, 0) is 12.1 Å². The third kappa shape index (κ3) is 2.03. The van der Waals surface area contributed by atoms with Crippen molar-refractivity contribution in [2.45, 2.75) is 0 Å². The van der Waals surface area contributed by atoms with Crippen LogP contribution in [-0.2, 0) is 4.74 Å². The molecule has 2 aromatic rings. The fraction of sp³-hybridized carbons (Fsp3) is 0.100. The van der Waals surface area contributed by atoms with Gasteiger partial charge in [-0.1, -0.05) is 6.07 Å². The SMILES string of the molecule is COC(=O)Oc1cccc2c(=O)[nH]c(=O)oc12. The summed E-state index contributed by atoms with van der Waals surface area (Å²) < 4.78 is 13.8. The largest absolute Gasteiger partial charge is 0.513 e. The molecule has 0 radical (unpaired) electrons. The van der Waals surface area contributed by atoms with Crippen molar-refractivity contribution in [2.75, 3.05) is 7.11 Å². The number of aromatic amines is 1. The van der Waals surface area contributed by atoms with E-state index in [9.17, 15) is 14.4 Å². The van der Waals surface area contributed by atoms with Gasteiger partial charge < -0.3 is 13.9 Å². The molecule has 0 atom stereocenters. The molecule has 88 valence electrons. The number of nitrogens with one attached hydrogen (secondary N) is 1. The first kappa shape index (κ1) is 10.9. The van der Waals surface area contributed by atoms with Crippen molar-refractivity contribution >= 4 is 17.1 Å². The number of ether oxygens (including phenoxy) is 2. The quantitative estimate of drug-likeness (QED) is 0.576. The van der Waals surface area contributed by atoms with E-state index in [0.717, 1.165) is 7.11 Å². The van der Waals surface area contributed by atoms with Crippen LogP contribution in [0, 0.1) is 0 Å². The Morgan fingerprint density at radius 3 is 2.82 bits per heavy atom. The van der Waals surface area contributed by atoms with E-state index in [1.807, 2.05) is 4.98 Å². The summed E-state index contributed by atoms with van der Waals surface area (Å²) in [6.07, 6.45) is -0.972. The van der Waals surface area contributed by atoms with E-state index < -0.39 is 17.5 Å². The molecule has 17 heavy (non-hydrogen) atoms. The molecule has 0 bridgehead atoms. The van der Waals surface area contributed by atoms with Gasteiger partial charge in [-0.25, -0.2) is 9.59 Å². The highest BCUT2D eigenvalue weighted by Crippen LogP contribution is 2.21. The van der Waals surface area contributed by atoms with Crippen LogP contribution in [0.3, 0.4) is 0 Å². The summed E-state index contributed by atoms with van der Waals surface area (Å²) in [5.74, 6) is -0.985. The number of methoxy groups -OCH3 is 1. The monoisotopic (exact) mass is 237 g/mol. The second-order valence-electron chi connectivity index (χ2n) is 3.03. The van der Waals surface area contributed by atoms with E-state index in [4.69, 9.17) is 9.15 Å². The molecule has 7 nitrogen and oxygen atoms in total. The lowest BCUT2D eigenvalue weighted by Gasteiger charge is -2.03. The van der Waals surface area contributed by atoms with Crippen molar-refractivity contribution in [3.05, 3.63) is 39.1 Å². The predicted molar refractivity (Wildman–Crippen MR) is 56.1 cm³/mol. The Morgan fingerprint density at radius 1 is 1.35 bits per heavy atom. The first-order chi connectivity index (χ1) is 8.11. The second-order valence-corrected chi connectivity index (χ2v) is 3.03. The van der Waals surface area contributed by atoms with E-state index in [0.29, 0.717) is 0 Å². The fourth-order valence-corrected chi connectivity index (χ4v) is 1.29. The number of carbonyl (C=O) groups excluding carboxylic acids is 1. The zero-order valence-corrected chi connectivity index (χ0v) is 8.68. The molecule has 1 heterocycles. The molecular weight excluding hydrogens is 230 g/mol. The number of rotatable bonds is 1. The summed E-state index contributed by atoms with van der Waals surface area (Å²) in [4.78, 5) is 35.3. The molecule has 0 amide bonds. The Kier molecular flexibility index (Phi) is 2.65. The molecular formula is C10H7NO6. The number of hydrogen-bond donors (Lipinski definition) is 1. The van der Waals surface area contributed by atoms with E-state index in [-0.39, 0.29) is 16.7 Å². The Labute approximate surface area is 93.6 Å². The van der Waals surface area contributed by atoms with Crippen LogP contribution in [0.15, 0.2) is 32.2 Å². The highest BCUT2D eigenvalue weighted by atomic mass is 16.7. The predicted octanol–water partition coefficient (Wildman–Crippen LogP) is 0.626. The molecule has 0 saturated carbocycles. The van der Waals surface area contributed by atoms with Gasteiger partial charge in [0, 0.05) is 0 Å². The van der Waals surface area contributed by atoms with Crippen molar-refractivity contribution in [2.24, 2.45) is 0 Å². The maximum atomic E-state index is 11.4. The molecule has 0 fully saturated rings. The molecule has 0 aliphatic carbocycles. The van der Waals surface area contributed by atoms with E-state index in [2.05, 4.69) is 4.74 Å². The number of hydrogen-bond acceptors (Lipinski definition) is 6. The normalized spacial score (nSPS) is 10.2. The molecule has 2 rings (SSSR count). The second kappa shape index (κ2) is 4.12. The van der Waals surface area contributed by atoms with Gasteiger partial charge in [-0.2, -0.15) is 0 Å². The van der Waals surface area contributed by atoms with Crippen LogP contribution in [0.1, 0.15) is 0 Å². The minimum atomic E-state index is -0.972. The molecule has 0 saturated heterocycles. The van der Waals surface area contributed by atoms with E-state index in [1.54, 1.807) is 0 Å². The van der Waals surface area contributed by atoms with Crippen LogP contribution in [0.2, 0.25) is 0 Å². The van der Waals surface area contributed by atoms with Gasteiger partial charge in [-0.15, -0.1) is 0 Å². The van der Waals surface area contributed by atoms with Gasteiger partial charge in [-0.3, -0.25) is 9.78 Å². The number of benzene rings is 1. The van der Waals surface area contributed by atoms with Gasteiger partial charge in [0.25, 0.3) is 5.56 Å². The van der Waals surface area contributed by atoms with Crippen LogP contribution in [-0.4, -0.2) is 18.2 Å². The Hall–Kier alpha value is -2.57. The van der Waals surface area contributed by atoms with E-state index >= 15 is 0 Å².